The molecule has 1 aliphatic carbocycles. The summed E-state index contributed by atoms with van der Waals surface area (Å²) in [5.41, 5.74) is 5.61. The summed E-state index contributed by atoms with van der Waals surface area (Å²) < 4.78 is 0. The van der Waals surface area contributed by atoms with Crippen molar-refractivity contribution in [1.82, 2.24) is 14.8 Å². The van der Waals surface area contributed by atoms with Crippen molar-refractivity contribution in [2.45, 2.75) is 19.9 Å². The molecule has 0 fully saturated rings. The van der Waals surface area contributed by atoms with Crippen LogP contribution in [-0.4, -0.2) is 45.5 Å². The maximum atomic E-state index is 13.6. The van der Waals surface area contributed by atoms with Gasteiger partial charge in [0.15, 0.2) is 5.82 Å². The van der Waals surface area contributed by atoms with E-state index in [-0.39, 0.29) is 16.5 Å². The third-order valence-corrected chi connectivity index (χ3v) is 9.09. The SMILES string of the molecule is Cc1ccc(CN(C)C(=O)N2N=CN3C2=CN(c2ccccc2Cl)C=C2C4=C(C=CC4)S(C)=C23)cc1. The molecule has 0 bridgehead atoms. The lowest BCUT2D eigenvalue weighted by atomic mass is 10.1. The zero-order chi connectivity index (χ0) is 25.0. The van der Waals surface area contributed by atoms with Gasteiger partial charge < -0.3 is 9.80 Å². The number of hydrogen-bond donors (Lipinski definition) is 0. The maximum absolute atomic E-state index is 13.6. The summed E-state index contributed by atoms with van der Waals surface area (Å²) in [6.45, 7) is 2.55. The molecule has 6 rings (SSSR count). The third-order valence-electron chi connectivity index (χ3n) is 6.73. The summed E-state index contributed by atoms with van der Waals surface area (Å²) in [7, 11) is 1.66. The Morgan fingerprint density at radius 2 is 1.92 bits per heavy atom. The molecule has 3 heterocycles. The van der Waals surface area contributed by atoms with E-state index in [4.69, 9.17) is 11.6 Å². The lowest BCUT2D eigenvalue weighted by Gasteiger charge is -2.27. The largest absolute Gasteiger partial charge is 0.346 e. The standard InChI is InChI=1S/C28H26ClN5OS/c1-19-11-13-20(14-12-19)15-31(2)28(35)34-26-17-32(24-9-5-4-8-23(24)29)16-22-21-7-6-10-25(21)36(3)27(22)33(26)18-30-34/h4-6,8-14,16-18H,7,15H2,1-3H3. The van der Waals surface area contributed by atoms with Gasteiger partial charge >= 0.3 is 6.03 Å². The average molecular weight is 516 g/mol. The van der Waals surface area contributed by atoms with Crippen molar-refractivity contribution in [3.8, 4) is 0 Å². The first-order valence-corrected chi connectivity index (χ1v) is 13.8. The highest BCUT2D eigenvalue weighted by molar-refractivity contribution is 8.19. The van der Waals surface area contributed by atoms with Gasteiger partial charge in [-0.15, -0.1) is 10.5 Å². The third kappa shape index (κ3) is 3.70. The average Bonchev–Trinajstić information content (AvgIpc) is 3.54. The molecule has 2 aromatic rings. The Hall–Kier alpha value is -3.55. The Labute approximate surface area is 218 Å². The number of benzene rings is 2. The number of hydrogen-bond acceptors (Lipinski definition) is 4. The number of allylic oxidation sites excluding steroid dienone is 2. The van der Waals surface area contributed by atoms with Gasteiger partial charge in [0.25, 0.3) is 0 Å². The van der Waals surface area contributed by atoms with Crippen molar-refractivity contribution in [3.63, 3.8) is 0 Å². The first-order valence-electron chi connectivity index (χ1n) is 11.8. The van der Waals surface area contributed by atoms with Crippen LogP contribution in [-0.2, 0) is 6.54 Å². The van der Waals surface area contributed by atoms with Gasteiger partial charge in [-0.1, -0.05) is 65.7 Å². The number of hydrazone groups is 1. The van der Waals surface area contributed by atoms with Crippen LogP contribution in [0.1, 0.15) is 17.5 Å². The van der Waals surface area contributed by atoms with Crippen LogP contribution in [0.2, 0.25) is 5.02 Å². The highest BCUT2D eigenvalue weighted by Gasteiger charge is 2.39. The molecule has 6 nitrogen and oxygen atoms in total. The van der Waals surface area contributed by atoms with Crippen LogP contribution in [0.15, 0.2) is 100 Å². The lowest BCUT2D eigenvalue weighted by molar-refractivity contribution is 0.174. The number of para-hydroxylation sites is 1. The zero-order valence-corrected chi connectivity index (χ0v) is 21.9. The Morgan fingerprint density at radius 3 is 2.69 bits per heavy atom. The molecule has 1 atom stereocenters. The summed E-state index contributed by atoms with van der Waals surface area (Å²) in [5.74, 6) is 0.682. The molecule has 0 spiro atoms. The first-order chi connectivity index (χ1) is 17.4. The van der Waals surface area contributed by atoms with Crippen molar-refractivity contribution in [3.05, 3.63) is 111 Å². The fourth-order valence-electron chi connectivity index (χ4n) is 4.87. The van der Waals surface area contributed by atoms with Gasteiger partial charge in [-0.3, -0.25) is 4.90 Å². The quantitative estimate of drug-likeness (QED) is 0.456. The molecule has 0 aromatic heterocycles. The molecule has 182 valence electrons. The number of anilines is 1. The van der Waals surface area contributed by atoms with Gasteiger partial charge in [0.1, 0.15) is 6.34 Å². The Morgan fingerprint density at radius 1 is 1.14 bits per heavy atom. The second kappa shape index (κ2) is 8.84. The van der Waals surface area contributed by atoms with Gasteiger partial charge in [-0.2, -0.15) is 10.1 Å². The molecular weight excluding hydrogens is 490 g/mol. The van der Waals surface area contributed by atoms with Crippen LogP contribution in [0.25, 0.3) is 0 Å². The molecule has 1 unspecified atom stereocenters. The minimum absolute atomic E-state index is 0.142. The summed E-state index contributed by atoms with van der Waals surface area (Å²) in [4.78, 5) is 21.9. The predicted molar refractivity (Wildman–Crippen MR) is 150 cm³/mol. The van der Waals surface area contributed by atoms with E-state index in [0.717, 1.165) is 22.7 Å². The van der Waals surface area contributed by atoms with Gasteiger partial charge in [-0.25, -0.2) is 4.79 Å². The molecule has 8 heteroatoms. The van der Waals surface area contributed by atoms with E-state index in [2.05, 4.69) is 65.8 Å². The second-order valence-corrected chi connectivity index (χ2v) is 11.4. The van der Waals surface area contributed by atoms with Gasteiger partial charge in [0, 0.05) is 30.3 Å². The highest BCUT2D eigenvalue weighted by atomic mass is 35.5. The normalized spacial score (nSPS) is 19.8. The van der Waals surface area contributed by atoms with E-state index in [1.54, 1.807) is 18.3 Å². The van der Waals surface area contributed by atoms with E-state index in [9.17, 15) is 4.79 Å². The number of carbonyl (C=O) groups excluding carboxylic acids is 1. The number of halogens is 1. The molecule has 36 heavy (non-hydrogen) atoms. The summed E-state index contributed by atoms with van der Waals surface area (Å²) in [6, 6.07) is 15.8. The van der Waals surface area contributed by atoms with Crippen molar-refractivity contribution >= 4 is 45.1 Å². The minimum Gasteiger partial charge on any atom is -0.322 e. The smallest absolute Gasteiger partial charge is 0.322 e. The van der Waals surface area contributed by atoms with Crippen molar-refractivity contribution in [2.24, 2.45) is 5.10 Å². The first kappa shape index (κ1) is 22.9. The van der Waals surface area contributed by atoms with Crippen LogP contribution in [0.5, 0.6) is 0 Å². The highest BCUT2D eigenvalue weighted by Crippen LogP contribution is 2.48. The fraction of sp³-hybridized carbons (Fsp3) is 0.179. The van der Waals surface area contributed by atoms with Crippen LogP contribution < -0.4 is 4.90 Å². The van der Waals surface area contributed by atoms with Crippen LogP contribution in [0.3, 0.4) is 0 Å². The minimum atomic E-state index is -0.196. The molecular formula is C28H26ClN5OS. The van der Waals surface area contributed by atoms with Crippen LogP contribution >= 0.6 is 22.1 Å². The molecule has 0 saturated carbocycles. The van der Waals surface area contributed by atoms with E-state index in [0.29, 0.717) is 17.4 Å². The Balaban J connectivity index is 1.39. The monoisotopic (exact) mass is 515 g/mol. The fourth-order valence-corrected chi connectivity index (χ4v) is 7.11. The number of urea groups is 1. The van der Waals surface area contributed by atoms with Crippen molar-refractivity contribution in [1.29, 1.82) is 0 Å². The summed E-state index contributed by atoms with van der Waals surface area (Å²) in [5, 5.41) is 6.70. The van der Waals surface area contributed by atoms with Crippen LogP contribution in [0.4, 0.5) is 10.5 Å². The number of rotatable bonds is 3. The van der Waals surface area contributed by atoms with Crippen molar-refractivity contribution < 1.29 is 4.79 Å². The topological polar surface area (TPSA) is 42.4 Å². The van der Waals surface area contributed by atoms with Gasteiger partial charge in [0.05, 0.1) is 21.9 Å². The number of amides is 2. The van der Waals surface area contributed by atoms with E-state index in [1.165, 1.54) is 26.6 Å². The molecule has 2 amide bonds. The maximum Gasteiger partial charge on any atom is 0.346 e. The zero-order valence-electron chi connectivity index (χ0n) is 20.4. The molecule has 2 aromatic carbocycles. The Kier molecular flexibility index (Phi) is 5.62. The molecule has 4 aliphatic rings. The van der Waals surface area contributed by atoms with Crippen LogP contribution in [0, 0.1) is 6.92 Å². The number of carbonyl (C=O) groups is 1. The number of nitrogens with zero attached hydrogens (tertiary/aromatic N) is 5. The molecule has 0 radical (unpaired) electrons. The Bertz CT molecular complexity index is 1470. The number of aryl methyl sites for hydroxylation is 1. The number of fused-ring (bicyclic) bond motifs is 4. The van der Waals surface area contributed by atoms with Crippen molar-refractivity contribution in [2.75, 3.05) is 18.2 Å². The van der Waals surface area contributed by atoms with Gasteiger partial charge in [0.2, 0.25) is 0 Å². The van der Waals surface area contributed by atoms with E-state index < -0.39 is 0 Å². The molecule has 0 N–H and O–H groups in total. The van der Waals surface area contributed by atoms with E-state index >= 15 is 0 Å². The lowest BCUT2D eigenvalue weighted by Crippen LogP contribution is -2.39. The second-order valence-electron chi connectivity index (χ2n) is 9.19. The summed E-state index contributed by atoms with van der Waals surface area (Å²) >= 11 is 6.62. The van der Waals surface area contributed by atoms with Gasteiger partial charge in [-0.05, 0) is 42.9 Å². The molecule has 3 aliphatic heterocycles. The summed E-state index contributed by atoms with van der Waals surface area (Å²) in [6.07, 6.45) is 13.5. The molecule has 0 saturated heterocycles. The van der Waals surface area contributed by atoms with E-state index in [1.807, 2.05) is 35.4 Å². The predicted octanol–water partition coefficient (Wildman–Crippen LogP) is 6.22.